The molecule has 0 fully saturated rings. The van der Waals surface area contributed by atoms with Gasteiger partial charge < -0.3 is 5.32 Å². The van der Waals surface area contributed by atoms with Crippen LogP contribution in [0.1, 0.15) is 51.7 Å². The maximum Gasteiger partial charge on any atom is 0.123 e. The van der Waals surface area contributed by atoms with Crippen molar-refractivity contribution >= 4 is 0 Å². The molecular weight excluding hydrogens is 237 g/mol. The zero-order valence-electron chi connectivity index (χ0n) is 13.0. The smallest absolute Gasteiger partial charge is 0.123 e. The highest BCUT2D eigenvalue weighted by molar-refractivity contribution is 5.27. The van der Waals surface area contributed by atoms with Crippen molar-refractivity contribution in [2.24, 2.45) is 5.92 Å². The van der Waals surface area contributed by atoms with E-state index in [1.165, 1.54) is 18.4 Å². The summed E-state index contributed by atoms with van der Waals surface area (Å²) in [5, 5.41) is 3.57. The molecule has 0 aliphatic carbocycles. The molecular formula is C17H28FN. The Morgan fingerprint density at radius 2 is 1.95 bits per heavy atom. The van der Waals surface area contributed by atoms with Gasteiger partial charge in [-0.05, 0) is 76.3 Å². The van der Waals surface area contributed by atoms with Gasteiger partial charge in [0.25, 0.3) is 0 Å². The van der Waals surface area contributed by atoms with Crippen LogP contribution in [0.4, 0.5) is 4.39 Å². The molecule has 0 radical (unpaired) electrons. The summed E-state index contributed by atoms with van der Waals surface area (Å²) in [6, 6.07) is 5.11. The maximum absolute atomic E-state index is 13.3. The molecule has 1 N–H and O–H groups in total. The van der Waals surface area contributed by atoms with E-state index in [-0.39, 0.29) is 11.4 Å². The van der Waals surface area contributed by atoms with Gasteiger partial charge in [0.1, 0.15) is 5.82 Å². The Morgan fingerprint density at radius 1 is 1.26 bits per heavy atom. The number of aryl methyl sites for hydroxylation is 1. The molecule has 1 nitrogen and oxygen atoms in total. The van der Waals surface area contributed by atoms with Gasteiger partial charge in [-0.25, -0.2) is 4.39 Å². The van der Waals surface area contributed by atoms with Crippen molar-refractivity contribution in [2.75, 3.05) is 6.54 Å². The zero-order chi connectivity index (χ0) is 14.5. The van der Waals surface area contributed by atoms with Crippen molar-refractivity contribution in [3.8, 4) is 0 Å². The van der Waals surface area contributed by atoms with Gasteiger partial charge in [0, 0.05) is 5.54 Å². The fourth-order valence-electron chi connectivity index (χ4n) is 2.31. The third kappa shape index (κ3) is 6.20. The lowest BCUT2D eigenvalue weighted by Crippen LogP contribution is -2.39. The second kappa shape index (κ2) is 7.04. The zero-order valence-corrected chi connectivity index (χ0v) is 13.0. The molecule has 1 aromatic carbocycles. The van der Waals surface area contributed by atoms with Crippen LogP contribution in [-0.2, 0) is 6.42 Å². The van der Waals surface area contributed by atoms with Gasteiger partial charge in [0.15, 0.2) is 0 Å². The van der Waals surface area contributed by atoms with Gasteiger partial charge in [-0.1, -0.05) is 19.4 Å². The Bertz CT molecular complexity index is 393. The van der Waals surface area contributed by atoms with Crippen LogP contribution >= 0.6 is 0 Å². The highest BCUT2D eigenvalue weighted by Gasteiger charge is 2.15. The van der Waals surface area contributed by atoms with E-state index in [1.54, 1.807) is 12.1 Å². The van der Waals surface area contributed by atoms with E-state index in [2.05, 4.69) is 39.9 Å². The topological polar surface area (TPSA) is 12.0 Å². The summed E-state index contributed by atoms with van der Waals surface area (Å²) in [6.45, 7) is 11.8. The Labute approximate surface area is 117 Å². The Balaban J connectivity index is 2.69. The minimum absolute atomic E-state index is 0.125. The molecule has 1 aromatic rings. The van der Waals surface area contributed by atoms with Gasteiger partial charge >= 0.3 is 0 Å². The highest BCUT2D eigenvalue weighted by atomic mass is 19.1. The summed E-state index contributed by atoms with van der Waals surface area (Å²) < 4.78 is 13.3. The second-order valence-corrected chi connectivity index (χ2v) is 6.56. The first-order valence-corrected chi connectivity index (χ1v) is 7.32. The molecule has 19 heavy (non-hydrogen) atoms. The molecule has 0 aliphatic heterocycles. The van der Waals surface area contributed by atoms with Crippen molar-refractivity contribution < 1.29 is 4.39 Å². The van der Waals surface area contributed by atoms with E-state index in [0.29, 0.717) is 5.92 Å². The van der Waals surface area contributed by atoms with Gasteiger partial charge in [0.2, 0.25) is 0 Å². The van der Waals surface area contributed by atoms with Crippen LogP contribution in [0.5, 0.6) is 0 Å². The average molecular weight is 265 g/mol. The van der Waals surface area contributed by atoms with Crippen LogP contribution in [0.3, 0.4) is 0 Å². The monoisotopic (exact) mass is 265 g/mol. The van der Waals surface area contributed by atoms with E-state index in [9.17, 15) is 4.39 Å². The van der Waals surface area contributed by atoms with Crippen molar-refractivity contribution in [3.63, 3.8) is 0 Å². The minimum atomic E-state index is -0.125. The first kappa shape index (κ1) is 16.2. The number of halogens is 1. The molecule has 0 aromatic heterocycles. The molecule has 0 saturated heterocycles. The predicted molar refractivity (Wildman–Crippen MR) is 81.0 cm³/mol. The van der Waals surface area contributed by atoms with Crippen LogP contribution in [0.25, 0.3) is 0 Å². The highest BCUT2D eigenvalue weighted by Crippen LogP contribution is 2.18. The summed E-state index contributed by atoms with van der Waals surface area (Å²) in [5.41, 5.74) is 2.48. The lowest BCUT2D eigenvalue weighted by Gasteiger charge is -2.25. The lowest BCUT2D eigenvalue weighted by atomic mass is 9.92. The molecule has 0 spiro atoms. The summed E-state index contributed by atoms with van der Waals surface area (Å²) in [7, 11) is 0. The van der Waals surface area contributed by atoms with Crippen LogP contribution in [-0.4, -0.2) is 12.1 Å². The third-order valence-corrected chi connectivity index (χ3v) is 3.44. The predicted octanol–water partition coefficient (Wildman–Crippen LogP) is 4.48. The van der Waals surface area contributed by atoms with E-state index in [1.807, 2.05) is 6.07 Å². The summed E-state index contributed by atoms with van der Waals surface area (Å²) >= 11 is 0. The molecule has 1 rings (SSSR count). The van der Waals surface area contributed by atoms with Crippen LogP contribution in [0, 0.1) is 18.7 Å². The minimum Gasteiger partial charge on any atom is -0.312 e. The van der Waals surface area contributed by atoms with E-state index in [4.69, 9.17) is 0 Å². The lowest BCUT2D eigenvalue weighted by molar-refractivity contribution is 0.354. The molecule has 1 atom stereocenters. The standard InChI is InChI=1S/C17H28FN/c1-6-7-14(12-19-17(3,4)5)10-15-11-16(18)9-8-13(15)2/h8-9,11,14,19H,6-7,10,12H2,1-5H3. The normalized spacial score (nSPS) is 13.6. The van der Waals surface area contributed by atoms with Crippen molar-refractivity contribution in [1.29, 1.82) is 0 Å². The first-order chi connectivity index (χ1) is 8.81. The number of hydrogen-bond donors (Lipinski definition) is 1. The molecule has 1 unspecified atom stereocenters. The molecule has 0 amide bonds. The number of hydrogen-bond acceptors (Lipinski definition) is 1. The molecule has 108 valence electrons. The van der Waals surface area contributed by atoms with Crippen molar-refractivity contribution in [1.82, 2.24) is 5.32 Å². The Kier molecular flexibility index (Phi) is 5.99. The molecule has 0 heterocycles. The van der Waals surface area contributed by atoms with Gasteiger partial charge in [-0.15, -0.1) is 0 Å². The van der Waals surface area contributed by atoms with Gasteiger partial charge in [0.05, 0.1) is 0 Å². The quantitative estimate of drug-likeness (QED) is 0.799. The molecule has 2 heteroatoms. The van der Waals surface area contributed by atoms with E-state index in [0.717, 1.165) is 18.5 Å². The Morgan fingerprint density at radius 3 is 2.53 bits per heavy atom. The van der Waals surface area contributed by atoms with E-state index < -0.39 is 0 Å². The third-order valence-electron chi connectivity index (χ3n) is 3.44. The second-order valence-electron chi connectivity index (χ2n) is 6.56. The van der Waals surface area contributed by atoms with Gasteiger partial charge in [-0.3, -0.25) is 0 Å². The summed E-state index contributed by atoms with van der Waals surface area (Å²) in [6.07, 6.45) is 3.31. The van der Waals surface area contributed by atoms with Gasteiger partial charge in [-0.2, -0.15) is 0 Å². The van der Waals surface area contributed by atoms with Crippen molar-refractivity contribution in [2.45, 2.75) is 59.4 Å². The number of nitrogens with one attached hydrogen (secondary N) is 1. The molecule has 0 bridgehead atoms. The first-order valence-electron chi connectivity index (χ1n) is 7.32. The fourth-order valence-corrected chi connectivity index (χ4v) is 2.31. The van der Waals surface area contributed by atoms with Crippen molar-refractivity contribution in [3.05, 3.63) is 35.1 Å². The van der Waals surface area contributed by atoms with Crippen LogP contribution in [0.15, 0.2) is 18.2 Å². The number of rotatable bonds is 6. The van der Waals surface area contributed by atoms with Crippen LogP contribution in [0.2, 0.25) is 0 Å². The molecule has 0 aliphatic rings. The van der Waals surface area contributed by atoms with Crippen LogP contribution < -0.4 is 5.32 Å². The number of benzene rings is 1. The Hall–Kier alpha value is -0.890. The molecule has 0 saturated carbocycles. The fraction of sp³-hybridized carbons (Fsp3) is 0.647. The van der Waals surface area contributed by atoms with E-state index >= 15 is 0 Å². The maximum atomic E-state index is 13.3. The largest absolute Gasteiger partial charge is 0.312 e. The summed E-state index contributed by atoms with van der Waals surface area (Å²) in [5.74, 6) is 0.448. The summed E-state index contributed by atoms with van der Waals surface area (Å²) in [4.78, 5) is 0. The average Bonchev–Trinajstić information content (AvgIpc) is 2.30. The SMILES string of the molecule is CCCC(CNC(C)(C)C)Cc1cc(F)ccc1C.